The summed E-state index contributed by atoms with van der Waals surface area (Å²) in [5, 5.41) is 0. The summed E-state index contributed by atoms with van der Waals surface area (Å²) in [6, 6.07) is 3.36. The molecule has 0 saturated heterocycles. The number of esters is 1. The van der Waals surface area contributed by atoms with Gasteiger partial charge in [-0.2, -0.15) is 0 Å². The average Bonchev–Trinajstić information content (AvgIpc) is 2.30. The fraction of sp³-hybridized carbons (Fsp3) is 0.333. The summed E-state index contributed by atoms with van der Waals surface area (Å²) in [6.07, 6.45) is 0.685. The van der Waals surface area contributed by atoms with Crippen LogP contribution in [0.2, 0.25) is 0 Å². The smallest absolute Gasteiger partial charge is 0.344 e. The first-order valence-corrected chi connectivity index (χ1v) is 5.91. The lowest BCUT2D eigenvalue weighted by Crippen LogP contribution is -2.15. The van der Waals surface area contributed by atoms with Crippen molar-refractivity contribution in [3.05, 3.63) is 27.7 Å². The van der Waals surface area contributed by atoms with Gasteiger partial charge in [-0.25, -0.2) is 4.79 Å². The second-order valence-corrected chi connectivity index (χ2v) is 4.21. The fourth-order valence-corrected chi connectivity index (χ4v) is 1.59. The van der Waals surface area contributed by atoms with Crippen LogP contribution in [0.15, 0.2) is 16.6 Å². The van der Waals surface area contributed by atoms with Crippen LogP contribution in [0.5, 0.6) is 5.75 Å². The van der Waals surface area contributed by atoms with Crippen LogP contribution in [0.1, 0.15) is 22.8 Å². The topological polar surface area (TPSA) is 52.6 Å². The molecular formula is C12H13BrO4. The highest BCUT2D eigenvalue weighted by Crippen LogP contribution is 2.25. The summed E-state index contributed by atoms with van der Waals surface area (Å²) >= 11 is 3.32. The number of rotatable bonds is 5. The Balaban J connectivity index is 2.79. The maximum atomic E-state index is 11.1. The van der Waals surface area contributed by atoms with Gasteiger partial charge in [-0.05, 0) is 31.5 Å². The van der Waals surface area contributed by atoms with Gasteiger partial charge in [0, 0.05) is 4.47 Å². The first-order valence-electron chi connectivity index (χ1n) is 5.12. The molecule has 0 unspecified atom stereocenters. The van der Waals surface area contributed by atoms with Crippen molar-refractivity contribution < 1.29 is 19.1 Å². The Labute approximate surface area is 108 Å². The largest absolute Gasteiger partial charge is 0.481 e. The van der Waals surface area contributed by atoms with Gasteiger partial charge < -0.3 is 9.47 Å². The zero-order valence-corrected chi connectivity index (χ0v) is 11.2. The summed E-state index contributed by atoms with van der Waals surface area (Å²) in [5.41, 5.74) is 1.32. The number of carbonyl (C=O) groups is 2. The zero-order chi connectivity index (χ0) is 12.8. The SMILES string of the molecule is CCOC(=O)COc1cc(C)c(Br)cc1C=O. The highest BCUT2D eigenvalue weighted by atomic mass is 79.9. The van der Waals surface area contributed by atoms with E-state index in [9.17, 15) is 9.59 Å². The fourth-order valence-electron chi connectivity index (χ4n) is 1.23. The Bertz CT molecular complexity index is 429. The molecule has 0 fully saturated rings. The van der Waals surface area contributed by atoms with E-state index < -0.39 is 5.97 Å². The van der Waals surface area contributed by atoms with Gasteiger partial charge in [-0.3, -0.25) is 4.79 Å². The molecule has 0 aromatic heterocycles. The normalized spacial score (nSPS) is 9.82. The molecule has 0 N–H and O–H groups in total. The molecular weight excluding hydrogens is 288 g/mol. The number of aldehydes is 1. The molecule has 1 aromatic rings. The monoisotopic (exact) mass is 300 g/mol. The van der Waals surface area contributed by atoms with Crippen LogP contribution in [0, 0.1) is 6.92 Å². The summed E-state index contributed by atoms with van der Waals surface area (Å²) in [4.78, 5) is 22.0. The van der Waals surface area contributed by atoms with Crippen LogP contribution >= 0.6 is 15.9 Å². The minimum Gasteiger partial charge on any atom is -0.481 e. The molecule has 1 rings (SSSR count). The summed E-state index contributed by atoms with van der Waals surface area (Å²) in [5.74, 6) is -0.0707. The number of ether oxygens (including phenoxy) is 2. The standard InChI is InChI=1S/C12H13BrO4/c1-3-16-12(15)7-17-11-4-8(2)10(13)5-9(11)6-14/h4-6H,3,7H2,1-2H3. The highest BCUT2D eigenvalue weighted by molar-refractivity contribution is 9.10. The van der Waals surface area contributed by atoms with Crippen molar-refractivity contribution >= 4 is 28.2 Å². The molecule has 0 radical (unpaired) electrons. The summed E-state index contributed by atoms with van der Waals surface area (Å²) in [7, 11) is 0. The lowest BCUT2D eigenvalue weighted by molar-refractivity contribution is -0.145. The van der Waals surface area contributed by atoms with Gasteiger partial charge in [0.2, 0.25) is 0 Å². The van der Waals surface area contributed by atoms with E-state index in [1.807, 2.05) is 6.92 Å². The Morgan fingerprint density at radius 3 is 2.76 bits per heavy atom. The Hall–Kier alpha value is -1.36. The third-order valence-corrected chi connectivity index (χ3v) is 2.92. The molecule has 0 amide bonds. The van der Waals surface area contributed by atoms with Gasteiger partial charge in [0.15, 0.2) is 12.9 Å². The van der Waals surface area contributed by atoms with Crippen molar-refractivity contribution in [3.8, 4) is 5.75 Å². The van der Waals surface area contributed by atoms with E-state index in [4.69, 9.17) is 9.47 Å². The molecule has 1 aromatic carbocycles. The number of aryl methyl sites for hydroxylation is 1. The third-order valence-electron chi connectivity index (χ3n) is 2.07. The van der Waals surface area contributed by atoms with Crippen LogP contribution in [0.3, 0.4) is 0 Å². The molecule has 4 nitrogen and oxygen atoms in total. The van der Waals surface area contributed by atoms with Crippen molar-refractivity contribution in [1.29, 1.82) is 0 Å². The number of hydrogen-bond donors (Lipinski definition) is 0. The molecule has 0 heterocycles. The lowest BCUT2D eigenvalue weighted by atomic mass is 10.1. The van der Waals surface area contributed by atoms with E-state index >= 15 is 0 Å². The van der Waals surface area contributed by atoms with Crippen molar-refractivity contribution in [3.63, 3.8) is 0 Å². The number of hydrogen-bond acceptors (Lipinski definition) is 4. The van der Waals surface area contributed by atoms with Crippen molar-refractivity contribution in [2.24, 2.45) is 0 Å². The van der Waals surface area contributed by atoms with Gasteiger partial charge in [0.05, 0.1) is 12.2 Å². The van der Waals surface area contributed by atoms with Gasteiger partial charge in [0.1, 0.15) is 5.75 Å². The van der Waals surface area contributed by atoms with Crippen LogP contribution in [0.4, 0.5) is 0 Å². The van der Waals surface area contributed by atoms with Gasteiger partial charge in [-0.15, -0.1) is 0 Å². The molecule has 92 valence electrons. The van der Waals surface area contributed by atoms with E-state index in [1.165, 1.54) is 0 Å². The van der Waals surface area contributed by atoms with E-state index in [0.717, 1.165) is 10.0 Å². The van der Waals surface area contributed by atoms with Gasteiger partial charge in [-0.1, -0.05) is 15.9 Å². The number of halogens is 1. The van der Waals surface area contributed by atoms with E-state index in [1.54, 1.807) is 19.1 Å². The Kier molecular flexibility index (Phi) is 5.15. The van der Waals surface area contributed by atoms with E-state index in [-0.39, 0.29) is 6.61 Å². The average molecular weight is 301 g/mol. The maximum Gasteiger partial charge on any atom is 0.344 e. The molecule has 0 aliphatic carbocycles. The zero-order valence-electron chi connectivity index (χ0n) is 9.66. The van der Waals surface area contributed by atoms with Crippen LogP contribution in [0.25, 0.3) is 0 Å². The van der Waals surface area contributed by atoms with E-state index in [0.29, 0.717) is 24.2 Å². The minimum atomic E-state index is -0.454. The van der Waals surface area contributed by atoms with Crippen molar-refractivity contribution in [2.45, 2.75) is 13.8 Å². The summed E-state index contributed by atoms with van der Waals surface area (Å²) < 4.78 is 10.8. The second-order valence-electron chi connectivity index (χ2n) is 3.35. The predicted octanol–water partition coefficient (Wildman–Crippen LogP) is 2.51. The highest BCUT2D eigenvalue weighted by Gasteiger charge is 2.09. The molecule has 0 aliphatic rings. The molecule has 0 atom stereocenters. The van der Waals surface area contributed by atoms with E-state index in [2.05, 4.69) is 15.9 Å². The van der Waals surface area contributed by atoms with Crippen LogP contribution < -0.4 is 4.74 Å². The first-order chi connectivity index (χ1) is 8.08. The maximum absolute atomic E-state index is 11.1. The van der Waals surface area contributed by atoms with Crippen LogP contribution in [-0.4, -0.2) is 25.5 Å². The lowest BCUT2D eigenvalue weighted by Gasteiger charge is -2.09. The molecule has 0 saturated carbocycles. The predicted molar refractivity (Wildman–Crippen MR) is 66.4 cm³/mol. The quantitative estimate of drug-likeness (QED) is 0.619. The molecule has 0 aliphatic heterocycles. The number of carbonyl (C=O) groups excluding carboxylic acids is 2. The molecule has 5 heteroatoms. The Morgan fingerprint density at radius 1 is 1.47 bits per heavy atom. The van der Waals surface area contributed by atoms with Crippen molar-refractivity contribution in [1.82, 2.24) is 0 Å². The van der Waals surface area contributed by atoms with Gasteiger partial charge >= 0.3 is 5.97 Å². The third kappa shape index (κ3) is 3.85. The minimum absolute atomic E-state index is 0.199. The molecule has 0 spiro atoms. The van der Waals surface area contributed by atoms with Crippen molar-refractivity contribution in [2.75, 3.05) is 13.2 Å². The summed E-state index contributed by atoms with van der Waals surface area (Å²) in [6.45, 7) is 3.70. The first kappa shape index (κ1) is 13.7. The molecule has 0 bridgehead atoms. The van der Waals surface area contributed by atoms with Crippen LogP contribution in [-0.2, 0) is 9.53 Å². The molecule has 17 heavy (non-hydrogen) atoms. The van der Waals surface area contributed by atoms with Gasteiger partial charge in [0.25, 0.3) is 0 Å². The second kappa shape index (κ2) is 6.39. The Morgan fingerprint density at radius 2 is 2.18 bits per heavy atom. The number of benzene rings is 1.